The molecule has 0 unspecified atom stereocenters. The first-order valence-electron chi connectivity index (χ1n) is 16.6. The van der Waals surface area contributed by atoms with E-state index < -0.39 is 80.0 Å². The summed E-state index contributed by atoms with van der Waals surface area (Å²) in [6.45, 7) is 0.370. The topological polar surface area (TPSA) is 191 Å². The average molecular weight is 669 g/mol. The van der Waals surface area contributed by atoms with Gasteiger partial charge in [0.25, 0.3) is 0 Å². The Kier molecular flexibility index (Phi) is 17.8. The number of hydrogen-bond donors (Lipinski definition) is 5. The molecule has 0 aliphatic carbocycles. The van der Waals surface area contributed by atoms with Gasteiger partial charge >= 0.3 is 11.9 Å². The zero-order valence-electron chi connectivity index (χ0n) is 27.1. The Morgan fingerprint density at radius 2 is 1.32 bits per heavy atom. The van der Waals surface area contributed by atoms with E-state index in [0.717, 1.165) is 38.5 Å². The Morgan fingerprint density at radius 3 is 1.96 bits per heavy atom. The van der Waals surface area contributed by atoms with Crippen LogP contribution in [0.1, 0.15) is 71.1 Å². The van der Waals surface area contributed by atoms with E-state index in [-0.39, 0.29) is 19.6 Å². The van der Waals surface area contributed by atoms with E-state index in [1.54, 1.807) is 0 Å². The molecule has 4 aliphatic heterocycles. The molecule has 4 heterocycles. The summed E-state index contributed by atoms with van der Waals surface area (Å²) < 4.78 is 33.7. The second-order valence-electron chi connectivity index (χ2n) is 11.8. The van der Waals surface area contributed by atoms with Crippen LogP contribution in [0.15, 0.2) is 48.6 Å². The molecule has 266 valence electrons. The summed E-state index contributed by atoms with van der Waals surface area (Å²) >= 11 is 0. The Bertz CT molecular complexity index is 1040. The third-order valence-corrected chi connectivity index (χ3v) is 8.01. The van der Waals surface area contributed by atoms with E-state index in [9.17, 15) is 35.1 Å². The first-order chi connectivity index (χ1) is 22.7. The van der Waals surface area contributed by atoms with E-state index in [1.807, 2.05) is 12.2 Å². The Labute approximate surface area is 276 Å². The molecule has 0 aromatic carbocycles. The van der Waals surface area contributed by atoms with Gasteiger partial charge in [-0.15, -0.1) is 0 Å². The summed E-state index contributed by atoms with van der Waals surface area (Å²) in [5.41, 5.74) is 0. The van der Waals surface area contributed by atoms with Crippen molar-refractivity contribution in [1.82, 2.24) is 0 Å². The van der Waals surface area contributed by atoms with Crippen molar-refractivity contribution in [2.24, 2.45) is 0 Å². The molecular weight excluding hydrogens is 616 g/mol. The summed E-state index contributed by atoms with van der Waals surface area (Å²) in [4.78, 5) is 23.9. The molecule has 0 radical (unpaired) electrons. The maximum absolute atomic E-state index is 12.5. The SMILES string of the molecule is CC(=O)OC[C@H]1O[C@H]2OCCCCC/C=C\C/C=C\C/C=C\C/C=C\CCCC(=O)O[C@H]3[C@H](O)[C@@H](O)[C@H](O[C@@H]2[C@@H](O)[C@@H]1O)O[C@@H]3CO. The number of aliphatic hydroxyl groups excluding tert-OH is 5. The van der Waals surface area contributed by atoms with E-state index in [1.165, 1.54) is 6.92 Å². The molecule has 4 rings (SSSR count). The molecule has 13 nitrogen and oxygen atoms in total. The van der Waals surface area contributed by atoms with Crippen molar-refractivity contribution in [3.8, 4) is 0 Å². The summed E-state index contributed by atoms with van der Waals surface area (Å²) in [5.74, 6) is -1.24. The molecule has 0 aromatic heterocycles. The predicted octanol–water partition coefficient (Wildman–Crippen LogP) is 1.89. The fourth-order valence-corrected chi connectivity index (χ4v) is 5.35. The minimum absolute atomic E-state index is 0.0494. The fraction of sp³-hybridized carbons (Fsp3) is 0.706. The minimum atomic E-state index is -1.77. The number of hydrogen-bond acceptors (Lipinski definition) is 13. The van der Waals surface area contributed by atoms with Crippen molar-refractivity contribution in [2.75, 3.05) is 19.8 Å². The fourth-order valence-electron chi connectivity index (χ4n) is 5.35. The lowest BCUT2D eigenvalue weighted by atomic mass is 9.97. The molecule has 10 atom stereocenters. The van der Waals surface area contributed by atoms with Gasteiger partial charge in [0.15, 0.2) is 18.7 Å². The van der Waals surface area contributed by atoms with E-state index in [2.05, 4.69) is 36.5 Å². The van der Waals surface area contributed by atoms with Gasteiger partial charge in [-0.05, 0) is 51.4 Å². The lowest BCUT2D eigenvalue weighted by molar-refractivity contribution is -0.367. The van der Waals surface area contributed by atoms with Crippen LogP contribution in [-0.4, -0.2) is 119 Å². The van der Waals surface area contributed by atoms with Gasteiger partial charge in [0.2, 0.25) is 0 Å². The van der Waals surface area contributed by atoms with Crippen molar-refractivity contribution in [1.29, 1.82) is 0 Å². The third-order valence-electron chi connectivity index (χ3n) is 8.01. The highest BCUT2D eigenvalue weighted by molar-refractivity contribution is 5.69. The lowest BCUT2D eigenvalue weighted by Crippen LogP contribution is -2.65. The van der Waals surface area contributed by atoms with Crippen molar-refractivity contribution in [3.05, 3.63) is 48.6 Å². The zero-order valence-corrected chi connectivity index (χ0v) is 27.1. The van der Waals surface area contributed by atoms with Crippen LogP contribution in [-0.2, 0) is 38.0 Å². The van der Waals surface area contributed by atoms with Gasteiger partial charge in [-0.3, -0.25) is 9.59 Å². The number of carbonyl (C=O) groups excluding carboxylic acids is 2. The molecule has 2 fully saturated rings. The number of allylic oxidation sites excluding steroid dienone is 8. The first-order valence-corrected chi connectivity index (χ1v) is 16.6. The van der Waals surface area contributed by atoms with Crippen LogP contribution in [0.4, 0.5) is 0 Å². The number of esters is 2. The van der Waals surface area contributed by atoms with Gasteiger partial charge in [-0.2, -0.15) is 0 Å². The quantitative estimate of drug-likeness (QED) is 0.217. The average Bonchev–Trinajstić information content (AvgIpc) is 3.05. The van der Waals surface area contributed by atoms with Crippen LogP contribution in [0.5, 0.6) is 0 Å². The smallest absolute Gasteiger partial charge is 0.306 e. The molecule has 5 N–H and O–H groups in total. The summed E-state index contributed by atoms with van der Waals surface area (Å²) in [7, 11) is 0. The van der Waals surface area contributed by atoms with Gasteiger partial charge in [-0.25, -0.2) is 0 Å². The first kappa shape index (κ1) is 39.0. The van der Waals surface area contributed by atoms with Crippen molar-refractivity contribution >= 4 is 11.9 Å². The molecule has 13 heteroatoms. The van der Waals surface area contributed by atoms with Crippen LogP contribution in [0, 0.1) is 0 Å². The van der Waals surface area contributed by atoms with Crippen LogP contribution in [0.25, 0.3) is 0 Å². The van der Waals surface area contributed by atoms with E-state index in [4.69, 9.17) is 28.4 Å². The van der Waals surface area contributed by atoms with Gasteiger partial charge in [-0.1, -0.05) is 55.0 Å². The van der Waals surface area contributed by atoms with Crippen LogP contribution < -0.4 is 0 Å². The molecular formula is C34H52O13. The highest BCUT2D eigenvalue weighted by Gasteiger charge is 2.52. The summed E-state index contributed by atoms with van der Waals surface area (Å²) in [6, 6.07) is 0. The number of carbonyl (C=O) groups is 2. The van der Waals surface area contributed by atoms with Gasteiger partial charge < -0.3 is 54.0 Å². The molecule has 2 saturated heterocycles. The lowest BCUT2D eigenvalue weighted by Gasteiger charge is -2.46. The Morgan fingerprint density at radius 1 is 0.723 bits per heavy atom. The second kappa shape index (κ2) is 21.5. The highest BCUT2D eigenvalue weighted by atomic mass is 16.8. The van der Waals surface area contributed by atoms with E-state index >= 15 is 0 Å². The van der Waals surface area contributed by atoms with Gasteiger partial charge in [0.05, 0.1) is 6.61 Å². The van der Waals surface area contributed by atoms with Crippen LogP contribution >= 0.6 is 0 Å². The molecule has 0 aromatic rings. The Balaban J connectivity index is 1.72. The molecule has 0 saturated carbocycles. The molecule has 0 amide bonds. The number of fused-ring (bicyclic) bond motifs is 19. The maximum atomic E-state index is 12.5. The molecule has 47 heavy (non-hydrogen) atoms. The van der Waals surface area contributed by atoms with E-state index in [0.29, 0.717) is 19.3 Å². The molecule has 4 aliphatic rings. The van der Waals surface area contributed by atoms with Gasteiger partial charge in [0, 0.05) is 20.0 Å². The predicted molar refractivity (Wildman–Crippen MR) is 169 cm³/mol. The maximum Gasteiger partial charge on any atom is 0.306 e. The largest absolute Gasteiger partial charge is 0.463 e. The summed E-state index contributed by atoms with van der Waals surface area (Å²) in [6.07, 6.45) is 8.90. The van der Waals surface area contributed by atoms with Crippen LogP contribution in [0.2, 0.25) is 0 Å². The zero-order chi connectivity index (χ0) is 34.0. The highest BCUT2D eigenvalue weighted by Crippen LogP contribution is 2.31. The number of rotatable bonds is 3. The van der Waals surface area contributed by atoms with Crippen molar-refractivity contribution in [3.63, 3.8) is 0 Å². The second-order valence-corrected chi connectivity index (χ2v) is 11.8. The monoisotopic (exact) mass is 668 g/mol. The number of aliphatic hydroxyl groups is 5. The van der Waals surface area contributed by atoms with Crippen molar-refractivity contribution < 1.29 is 63.5 Å². The number of ether oxygens (including phenoxy) is 6. The minimum Gasteiger partial charge on any atom is -0.463 e. The van der Waals surface area contributed by atoms with Crippen LogP contribution in [0.3, 0.4) is 0 Å². The summed E-state index contributed by atoms with van der Waals surface area (Å²) in [5, 5.41) is 53.5. The normalized spacial score (nSPS) is 38.7. The van der Waals surface area contributed by atoms with Crippen molar-refractivity contribution in [2.45, 2.75) is 133 Å². The molecule has 2 bridgehead atoms. The van der Waals surface area contributed by atoms with Gasteiger partial charge in [0.1, 0.15) is 49.3 Å². The molecule has 0 spiro atoms. The Hall–Kier alpha value is -2.46. The third kappa shape index (κ3) is 13.2. The standard InChI is InChI=1S/C34H52O13/c1-23(36)43-22-25-27(38)28(39)32-34(45-25)42-20-18-16-14-12-10-8-6-4-2-3-5-7-9-11-13-15-17-19-26(37)46-31-24(21-35)44-33(47-32)30(41)29(31)40/h2,4-5,7-8,10-11,13,24-25,27-35,38-41H,3,6,9,12,14-22H2,1H3/b4-2-,7-5-,10-8-,13-11-/t24-,25-,27-,28+,29-,30-,31-,32-,33+,34-/m1/s1.